The highest BCUT2D eigenvalue weighted by Crippen LogP contribution is 2.32. The molecule has 0 aliphatic carbocycles. The van der Waals surface area contributed by atoms with E-state index in [1.54, 1.807) is 0 Å². The molecule has 1 saturated heterocycles. The molecule has 2 aliphatic rings. The first kappa shape index (κ1) is 17.1. The molecule has 2 aliphatic heterocycles. The first-order valence-electron chi connectivity index (χ1n) is 9.60. The van der Waals surface area contributed by atoms with E-state index in [2.05, 4.69) is 10.2 Å². The Balaban J connectivity index is 1.38. The first-order valence-corrected chi connectivity index (χ1v) is 9.60. The summed E-state index contributed by atoms with van der Waals surface area (Å²) in [6.45, 7) is 4.38. The molecule has 0 spiro atoms. The number of aromatic nitrogens is 2. The summed E-state index contributed by atoms with van der Waals surface area (Å²) < 4.78 is 17.9. The number of ether oxygens (including phenoxy) is 3. The predicted octanol–water partition coefficient (Wildman–Crippen LogP) is 2.26. The number of nitrogens with one attached hydrogen (secondary N) is 1. The zero-order valence-electron chi connectivity index (χ0n) is 15.5. The quantitative estimate of drug-likeness (QED) is 0.747. The zero-order chi connectivity index (χ0) is 18.8. The van der Waals surface area contributed by atoms with Crippen molar-refractivity contribution in [2.75, 3.05) is 44.3 Å². The first-order chi connectivity index (χ1) is 13.9. The lowest BCUT2D eigenvalue weighted by molar-refractivity contribution is 0.0523. The number of piperazine rings is 1. The van der Waals surface area contributed by atoms with E-state index < -0.39 is 0 Å². The van der Waals surface area contributed by atoms with Crippen molar-refractivity contribution in [3.05, 3.63) is 48.5 Å². The fraction of sp³-hybridized carbons (Fsp3) is 0.333. The molecule has 3 aromatic rings. The minimum atomic E-state index is -0.195. The van der Waals surface area contributed by atoms with Crippen LogP contribution in [0.5, 0.6) is 17.4 Å². The van der Waals surface area contributed by atoms with E-state index in [0.717, 1.165) is 54.5 Å². The van der Waals surface area contributed by atoms with Gasteiger partial charge in [-0.3, -0.25) is 0 Å². The molecule has 1 unspecified atom stereocenters. The van der Waals surface area contributed by atoms with Gasteiger partial charge in [0.05, 0.1) is 11.0 Å². The summed E-state index contributed by atoms with van der Waals surface area (Å²) in [4.78, 5) is 11.8. The van der Waals surface area contributed by atoms with E-state index in [0.29, 0.717) is 19.1 Å². The number of fused-ring (bicyclic) bond motifs is 2. The molecule has 5 rings (SSSR count). The number of rotatable bonds is 4. The Bertz CT molecular complexity index is 975. The number of hydrogen-bond donors (Lipinski definition) is 1. The fourth-order valence-corrected chi connectivity index (χ4v) is 3.47. The average Bonchev–Trinajstić information content (AvgIpc) is 2.77. The third kappa shape index (κ3) is 3.41. The van der Waals surface area contributed by atoms with Crippen molar-refractivity contribution in [1.29, 1.82) is 0 Å². The van der Waals surface area contributed by atoms with Crippen LogP contribution in [0.3, 0.4) is 0 Å². The molecule has 0 amide bonds. The van der Waals surface area contributed by atoms with Gasteiger partial charge >= 0.3 is 0 Å². The fourth-order valence-electron chi connectivity index (χ4n) is 3.47. The third-order valence-electron chi connectivity index (χ3n) is 4.91. The van der Waals surface area contributed by atoms with Crippen LogP contribution in [-0.2, 0) is 0 Å². The summed E-state index contributed by atoms with van der Waals surface area (Å²) in [7, 11) is 0. The predicted molar refractivity (Wildman–Crippen MR) is 106 cm³/mol. The molecule has 7 heteroatoms. The smallest absolute Gasteiger partial charge is 0.258 e. The summed E-state index contributed by atoms with van der Waals surface area (Å²) in [6.07, 6.45) is -0.195. The molecule has 144 valence electrons. The Morgan fingerprint density at radius 3 is 2.50 bits per heavy atom. The Kier molecular flexibility index (Phi) is 4.58. The number of hydrogen-bond acceptors (Lipinski definition) is 7. The minimum absolute atomic E-state index is 0.195. The Morgan fingerprint density at radius 1 is 0.964 bits per heavy atom. The molecular formula is C21H22N4O3. The molecule has 1 N–H and O–H groups in total. The van der Waals surface area contributed by atoms with E-state index in [4.69, 9.17) is 24.2 Å². The molecule has 28 heavy (non-hydrogen) atoms. The van der Waals surface area contributed by atoms with E-state index >= 15 is 0 Å². The van der Waals surface area contributed by atoms with Crippen LogP contribution < -0.4 is 24.4 Å². The lowest BCUT2D eigenvalue weighted by atomic mass is 10.2. The summed E-state index contributed by atoms with van der Waals surface area (Å²) >= 11 is 0. The summed E-state index contributed by atoms with van der Waals surface area (Å²) in [6, 6.07) is 15.5. The van der Waals surface area contributed by atoms with Gasteiger partial charge in [-0.1, -0.05) is 24.3 Å². The molecule has 0 bridgehead atoms. The number of anilines is 1. The second kappa shape index (κ2) is 7.52. The SMILES string of the molecule is c1ccc2c(c1)OCC(COc1nc3ccccc3nc1N1CCNCC1)O2. The van der Waals surface area contributed by atoms with Crippen LogP contribution in [-0.4, -0.2) is 55.5 Å². The van der Waals surface area contributed by atoms with Gasteiger partial charge in [-0.15, -0.1) is 0 Å². The highest BCUT2D eigenvalue weighted by Gasteiger charge is 2.24. The molecule has 3 heterocycles. The number of benzene rings is 2. The monoisotopic (exact) mass is 378 g/mol. The Labute approximate surface area is 163 Å². The van der Waals surface area contributed by atoms with E-state index in [9.17, 15) is 0 Å². The minimum Gasteiger partial charge on any atom is -0.486 e. The van der Waals surface area contributed by atoms with Crippen molar-refractivity contribution in [1.82, 2.24) is 15.3 Å². The van der Waals surface area contributed by atoms with Crippen LogP contribution in [0, 0.1) is 0 Å². The topological polar surface area (TPSA) is 68.7 Å². The third-order valence-corrected chi connectivity index (χ3v) is 4.91. The van der Waals surface area contributed by atoms with Gasteiger partial charge in [0.25, 0.3) is 5.88 Å². The molecule has 7 nitrogen and oxygen atoms in total. The molecule has 2 aromatic carbocycles. The summed E-state index contributed by atoms with van der Waals surface area (Å²) in [5, 5.41) is 3.37. The molecule has 1 fully saturated rings. The summed E-state index contributed by atoms with van der Waals surface area (Å²) in [5.41, 5.74) is 1.69. The van der Waals surface area contributed by atoms with Crippen LogP contribution in [0.25, 0.3) is 11.0 Å². The van der Waals surface area contributed by atoms with Crippen LogP contribution in [0.1, 0.15) is 0 Å². The largest absolute Gasteiger partial charge is 0.486 e. The van der Waals surface area contributed by atoms with E-state index in [1.807, 2.05) is 48.5 Å². The van der Waals surface area contributed by atoms with Crippen LogP contribution >= 0.6 is 0 Å². The normalized spacial score (nSPS) is 18.9. The lowest BCUT2D eigenvalue weighted by Crippen LogP contribution is -2.44. The standard InChI is InChI=1S/C21H22N4O3/c1-2-6-17-16(5-1)23-20(25-11-9-22-10-12-25)21(24-17)27-14-15-13-26-18-7-3-4-8-19(18)28-15/h1-8,15,22H,9-14H2. The molecule has 0 radical (unpaired) electrons. The van der Waals surface area contributed by atoms with Gasteiger partial charge in [0.15, 0.2) is 23.4 Å². The maximum Gasteiger partial charge on any atom is 0.258 e. The highest BCUT2D eigenvalue weighted by molar-refractivity contribution is 5.77. The van der Waals surface area contributed by atoms with Crippen molar-refractivity contribution in [2.24, 2.45) is 0 Å². The second-order valence-corrected chi connectivity index (χ2v) is 6.89. The number of para-hydroxylation sites is 4. The van der Waals surface area contributed by atoms with Crippen molar-refractivity contribution < 1.29 is 14.2 Å². The van der Waals surface area contributed by atoms with Gasteiger partial charge in [0, 0.05) is 26.2 Å². The van der Waals surface area contributed by atoms with Gasteiger partial charge in [0.1, 0.15) is 13.2 Å². The van der Waals surface area contributed by atoms with Gasteiger partial charge in [0.2, 0.25) is 0 Å². The van der Waals surface area contributed by atoms with Crippen LogP contribution in [0.15, 0.2) is 48.5 Å². The van der Waals surface area contributed by atoms with Crippen molar-refractivity contribution in [3.8, 4) is 17.4 Å². The Hall–Kier alpha value is -3.06. The maximum absolute atomic E-state index is 6.11. The van der Waals surface area contributed by atoms with E-state index in [-0.39, 0.29) is 6.10 Å². The molecule has 1 atom stereocenters. The van der Waals surface area contributed by atoms with Crippen LogP contribution in [0.4, 0.5) is 5.82 Å². The van der Waals surface area contributed by atoms with Crippen molar-refractivity contribution in [3.63, 3.8) is 0 Å². The van der Waals surface area contributed by atoms with Crippen LogP contribution in [0.2, 0.25) is 0 Å². The Morgan fingerprint density at radius 2 is 1.68 bits per heavy atom. The van der Waals surface area contributed by atoms with Gasteiger partial charge in [-0.25, -0.2) is 9.97 Å². The lowest BCUT2D eigenvalue weighted by Gasteiger charge is -2.30. The molecular weight excluding hydrogens is 356 g/mol. The maximum atomic E-state index is 6.11. The van der Waals surface area contributed by atoms with Gasteiger partial charge < -0.3 is 24.4 Å². The van der Waals surface area contributed by atoms with Gasteiger partial charge in [-0.05, 0) is 24.3 Å². The highest BCUT2D eigenvalue weighted by atomic mass is 16.6. The van der Waals surface area contributed by atoms with Crippen molar-refractivity contribution in [2.45, 2.75) is 6.10 Å². The zero-order valence-corrected chi connectivity index (χ0v) is 15.5. The number of nitrogens with zero attached hydrogens (tertiary/aromatic N) is 3. The second-order valence-electron chi connectivity index (χ2n) is 6.89. The van der Waals surface area contributed by atoms with Crippen molar-refractivity contribution >= 4 is 16.9 Å². The average molecular weight is 378 g/mol. The molecule has 0 saturated carbocycles. The molecule has 1 aromatic heterocycles. The summed E-state index contributed by atoms with van der Waals surface area (Å²) in [5.74, 6) is 2.85. The van der Waals surface area contributed by atoms with Gasteiger partial charge in [-0.2, -0.15) is 0 Å². The van der Waals surface area contributed by atoms with E-state index in [1.165, 1.54) is 0 Å².